The van der Waals surface area contributed by atoms with Gasteiger partial charge in [-0.25, -0.2) is 0 Å². The number of ether oxygens (including phenoxy) is 1. The molecule has 0 aromatic heterocycles. The van der Waals surface area contributed by atoms with Crippen LogP contribution in [0.3, 0.4) is 0 Å². The van der Waals surface area contributed by atoms with Crippen molar-refractivity contribution in [1.82, 2.24) is 0 Å². The van der Waals surface area contributed by atoms with E-state index in [0.717, 1.165) is 11.1 Å². The third kappa shape index (κ3) is 3.56. The zero-order chi connectivity index (χ0) is 11.3. The van der Waals surface area contributed by atoms with E-state index in [-0.39, 0.29) is 12.6 Å². The van der Waals surface area contributed by atoms with Crippen LogP contribution in [0.25, 0.3) is 6.08 Å². The topological polar surface area (TPSA) is 52.3 Å². The summed E-state index contributed by atoms with van der Waals surface area (Å²) in [6.07, 6.45) is 1.76. The van der Waals surface area contributed by atoms with E-state index < -0.39 is 6.04 Å². The van der Waals surface area contributed by atoms with Crippen molar-refractivity contribution in [3.63, 3.8) is 0 Å². The standard InChI is InChI=1S/C12H15NO2/c1-3-10-4-6-11(7-5-10)8-15-12(14)9(2)13/h3-7,9H,1,8,13H2,2H3/t9-/m0/s1. The highest BCUT2D eigenvalue weighted by Crippen LogP contribution is 2.06. The van der Waals surface area contributed by atoms with Crippen LogP contribution in [0.4, 0.5) is 0 Å². The molecule has 80 valence electrons. The Morgan fingerprint density at radius 2 is 2.13 bits per heavy atom. The summed E-state index contributed by atoms with van der Waals surface area (Å²) in [5, 5.41) is 0. The first-order chi connectivity index (χ1) is 7.13. The fourth-order valence-corrected chi connectivity index (χ4v) is 1.04. The Balaban J connectivity index is 2.51. The number of nitrogens with two attached hydrogens (primary N) is 1. The van der Waals surface area contributed by atoms with Crippen LogP contribution in [0, 0.1) is 0 Å². The van der Waals surface area contributed by atoms with Crippen molar-refractivity contribution in [2.24, 2.45) is 5.73 Å². The van der Waals surface area contributed by atoms with E-state index >= 15 is 0 Å². The second kappa shape index (κ2) is 5.32. The van der Waals surface area contributed by atoms with Crippen molar-refractivity contribution in [2.45, 2.75) is 19.6 Å². The van der Waals surface area contributed by atoms with Crippen LogP contribution in [-0.2, 0) is 16.1 Å². The molecule has 0 bridgehead atoms. The summed E-state index contributed by atoms with van der Waals surface area (Å²) in [5.41, 5.74) is 7.34. The third-order valence-electron chi connectivity index (χ3n) is 1.97. The van der Waals surface area contributed by atoms with E-state index in [1.165, 1.54) is 0 Å². The fourth-order valence-electron chi connectivity index (χ4n) is 1.04. The molecule has 1 rings (SSSR count). The molecule has 2 N–H and O–H groups in total. The Morgan fingerprint density at radius 3 is 2.60 bits per heavy atom. The summed E-state index contributed by atoms with van der Waals surface area (Å²) in [5.74, 6) is -0.386. The molecular weight excluding hydrogens is 190 g/mol. The number of rotatable bonds is 4. The van der Waals surface area contributed by atoms with Crippen LogP contribution < -0.4 is 5.73 Å². The number of esters is 1. The highest BCUT2D eigenvalue weighted by Gasteiger charge is 2.08. The Kier molecular flexibility index (Phi) is 4.06. The first-order valence-corrected chi connectivity index (χ1v) is 4.77. The summed E-state index contributed by atoms with van der Waals surface area (Å²) in [7, 11) is 0. The minimum atomic E-state index is -0.572. The molecule has 3 nitrogen and oxygen atoms in total. The molecule has 0 unspecified atom stereocenters. The highest BCUT2D eigenvalue weighted by atomic mass is 16.5. The Hall–Kier alpha value is -1.61. The van der Waals surface area contributed by atoms with E-state index in [2.05, 4.69) is 6.58 Å². The van der Waals surface area contributed by atoms with Crippen molar-refractivity contribution >= 4 is 12.0 Å². The molecule has 0 saturated heterocycles. The molecule has 3 heteroatoms. The van der Waals surface area contributed by atoms with Crippen LogP contribution in [0.1, 0.15) is 18.1 Å². The zero-order valence-corrected chi connectivity index (χ0v) is 8.77. The summed E-state index contributed by atoms with van der Waals surface area (Å²) < 4.78 is 4.97. The van der Waals surface area contributed by atoms with Gasteiger partial charge in [0.15, 0.2) is 0 Å². The van der Waals surface area contributed by atoms with Crippen molar-refractivity contribution in [3.8, 4) is 0 Å². The lowest BCUT2D eigenvalue weighted by atomic mass is 10.1. The molecule has 0 saturated carbocycles. The molecule has 0 fully saturated rings. The Morgan fingerprint density at radius 1 is 1.53 bits per heavy atom. The quantitative estimate of drug-likeness (QED) is 0.761. The maximum absolute atomic E-state index is 11.1. The monoisotopic (exact) mass is 205 g/mol. The SMILES string of the molecule is C=Cc1ccc(COC(=O)[C@H](C)N)cc1. The number of carbonyl (C=O) groups excluding carboxylic acids is 1. The molecular formula is C12H15NO2. The highest BCUT2D eigenvalue weighted by molar-refractivity contribution is 5.74. The largest absolute Gasteiger partial charge is 0.460 e. The van der Waals surface area contributed by atoms with Gasteiger partial charge in [0.2, 0.25) is 0 Å². The second-order valence-corrected chi connectivity index (χ2v) is 3.34. The first kappa shape index (κ1) is 11.5. The maximum Gasteiger partial charge on any atom is 0.322 e. The van der Waals surface area contributed by atoms with Gasteiger partial charge < -0.3 is 10.5 Å². The second-order valence-electron chi connectivity index (χ2n) is 3.34. The minimum absolute atomic E-state index is 0.262. The summed E-state index contributed by atoms with van der Waals surface area (Å²) in [4.78, 5) is 11.1. The average molecular weight is 205 g/mol. The Labute approximate surface area is 89.5 Å². The van der Waals surface area contributed by atoms with Crippen molar-refractivity contribution in [2.75, 3.05) is 0 Å². The Bertz CT molecular complexity index is 341. The number of benzene rings is 1. The molecule has 0 aliphatic rings. The van der Waals surface area contributed by atoms with Gasteiger partial charge in [-0.15, -0.1) is 0 Å². The third-order valence-corrected chi connectivity index (χ3v) is 1.97. The molecule has 1 atom stereocenters. The predicted octanol–water partition coefficient (Wildman–Crippen LogP) is 1.72. The summed E-state index contributed by atoms with van der Waals surface area (Å²) >= 11 is 0. The van der Waals surface area contributed by atoms with Gasteiger partial charge in [0.1, 0.15) is 12.6 Å². The van der Waals surface area contributed by atoms with Gasteiger partial charge >= 0.3 is 5.97 Å². The predicted molar refractivity (Wildman–Crippen MR) is 60.0 cm³/mol. The lowest BCUT2D eigenvalue weighted by molar-refractivity contribution is -0.146. The molecule has 1 aromatic rings. The van der Waals surface area contributed by atoms with Crippen molar-refractivity contribution < 1.29 is 9.53 Å². The van der Waals surface area contributed by atoms with Crippen LogP contribution >= 0.6 is 0 Å². The lowest BCUT2D eigenvalue weighted by Gasteiger charge is -2.07. The molecule has 0 radical (unpaired) electrons. The molecule has 0 spiro atoms. The van der Waals surface area contributed by atoms with Gasteiger partial charge in [-0.2, -0.15) is 0 Å². The molecule has 0 amide bonds. The van der Waals surface area contributed by atoms with Crippen LogP contribution in [-0.4, -0.2) is 12.0 Å². The van der Waals surface area contributed by atoms with E-state index in [9.17, 15) is 4.79 Å². The number of hydrogen-bond donors (Lipinski definition) is 1. The van der Waals surface area contributed by atoms with Gasteiger partial charge in [0.25, 0.3) is 0 Å². The maximum atomic E-state index is 11.1. The fraction of sp³-hybridized carbons (Fsp3) is 0.250. The first-order valence-electron chi connectivity index (χ1n) is 4.77. The molecule has 0 heterocycles. The van der Waals surface area contributed by atoms with Gasteiger partial charge in [-0.3, -0.25) is 4.79 Å². The van der Waals surface area contributed by atoms with Crippen LogP contribution in [0.15, 0.2) is 30.8 Å². The van der Waals surface area contributed by atoms with Gasteiger partial charge in [-0.05, 0) is 18.1 Å². The van der Waals surface area contributed by atoms with Gasteiger partial charge in [0.05, 0.1) is 0 Å². The number of hydrogen-bond acceptors (Lipinski definition) is 3. The number of carbonyl (C=O) groups is 1. The molecule has 0 aliphatic carbocycles. The summed E-state index contributed by atoms with van der Waals surface area (Å²) in [6, 6.07) is 7.05. The van der Waals surface area contributed by atoms with E-state index in [4.69, 9.17) is 10.5 Å². The molecule has 0 aliphatic heterocycles. The summed E-state index contributed by atoms with van der Waals surface area (Å²) in [6.45, 7) is 5.52. The van der Waals surface area contributed by atoms with E-state index in [0.29, 0.717) is 0 Å². The van der Waals surface area contributed by atoms with E-state index in [1.807, 2.05) is 24.3 Å². The van der Waals surface area contributed by atoms with Gasteiger partial charge in [0, 0.05) is 0 Å². The minimum Gasteiger partial charge on any atom is -0.460 e. The molecule has 1 aromatic carbocycles. The lowest BCUT2D eigenvalue weighted by Crippen LogP contribution is -2.28. The smallest absolute Gasteiger partial charge is 0.322 e. The van der Waals surface area contributed by atoms with Crippen molar-refractivity contribution in [1.29, 1.82) is 0 Å². The molecule has 15 heavy (non-hydrogen) atoms. The average Bonchev–Trinajstić information content (AvgIpc) is 2.26. The normalized spacial score (nSPS) is 11.9. The van der Waals surface area contributed by atoms with Gasteiger partial charge in [-0.1, -0.05) is 36.9 Å². The van der Waals surface area contributed by atoms with Crippen molar-refractivity contribution in [3.05, 3.63) is 42.0 Å². The van der Waals surface area contributed by atoms with Crippen LogP contribution in [0.5, 0.6) is 0 Å². The zero-order valence-electron chi connectivity index (χ0n) is 8.77. The van der Waals surface area contributed by atoms with Crippen LogP contribution in [0.2, 0.25) is 0 Å². The van der Waals surface area contributed by atoms with E-state index in [1.54, 1.807) is 13.0 Å².